The topological polar surface area (TPSA) is 85.1 Å². The Kier molecular flexibility index (Phi) is 4.92. The first kappa shape index (κ1) is 17.9. The van der Waals surface area contributed by atoms with Crippen molar-refractivity contribution >= 4 is 39.7 Å². The smallest absolute Gasteiger partial charge is 0.288 e. The van der Waals surface area contributed by atoms with E-state index in [2.05, 4.69) is 10.3 Å². The Balaban J connectivity index is 1.81. The number of thiazole rings is 1. The maximum absolute atomic E-state index is 13.3. The first-order valence-corrected chi connectivity index (χ1v) is 8.27. The van der Waals surface area contributed by atoms with Crippen LogP contribution in [0.25, 0.3) is 11.3 Å². The molecule has 1 aromatic heterocycles. The minimum atomic E-state index is -1.01. The molecule has 6 nitrogen and oxygen atoms in total. The fourth-order valence-corrected chi connectivity index (χ4v) is 2.98. The average Bonchev–Trinajstić information content (AvgIpc) is 3.05. The molecule has 1 amide bonds. The van der Waals surface area contributed by atoms with Crippen molar-refractivity contribution in [2.75, 3.05) is 5.32 Å². The lowest BCUT2D eigenvalue weighted by Crippen LogP contribution is -2.12. The van der Waals surface area contributed by atoms with Crippen LogP contribution in [0, 0.1) is 21.7 Å². The van der Waals surface area contributed by atoms with Gasteiger partial charge in [-0.25, -0.2) is 13.8 Å². The number of carbonyl (C=O) groups excluding carboxylic acids is 1. The number of benzene rings is 2. The van der Waals surface area contributed by atoms with Gasteiger partial charge in [0.1, 0.15) is 5.02 Å². The maximum atomic E-state index is 13.3. The molecule has 132 valence electrons. The van der Waals surface area contributed by atoms with Crippen LogP contribution in [0.5, 0.6) is 0 Å². The molecule has 3 aromatic rings. The minimum absolute atomic E-state index is 0.0330. The second-order valence-corrected chi connectivity index (χ2v) is 6.31. The molecule has 0 aliphatic heterocycles. The lowest BCUT2D eigenvalue weighted by atomic mass is 10.2. The molecule has 0 aliphatic carbocycles. The maximum Gasteiger partial charge on any atom is 0.288 e. The Morgan fingerprint density at radius 1 is 1.19 bits per heavy atom. The molecule has 26 heavy (non-hydrogen) atoms. The van der Waals surface area contributed by atoms with Gasteiger partial charge in [0.15, 0.2) is 16.8 Å². The van der Waals surface area contributed by atoms with E-state index in [0.29, 0.717) is 11.3 Å². The highest BCUT2D eigenvalue weighted by Gasteiger charge is 2.17. The molecule has 1 N–H and O–H groups in total. The van der Waals surface area contributed by atoms with Gasteiger partial charge in [0.25, 0.3) is 11.6 Å². The molecule has 0 unspecified atom stereocenters. The summed E-state index contributed by atoms with van der Waals surface area (Å²) >= 11 is 6.78. The highest BCUT2D eigenvalue weighted by molar-refractivity contribution is 7.14. The summed E-state index contributed by atoms with van der Waals surface area (Å²) in [5.74, 6) is -2.59. The summed E-state index contributed by atoms with van der Waals surface area (Å²) in [5.41, 5.74) is 0.348. The predicted octanol–water partition coefficient (Wildman–Crippen LogP) is 4.90. The van der Waals surface area contributed by atoms with Crippen molar-refractivity contribution in [2.24, 2.45) is 0 Å². The number of hydrogen-bond donors (Lipinski definition) is 1. The van der Waals surface area contributed by atoms with E-state index in [0.717, 1.165) is 29.5 Å². The zero-order valence-electron chi connectivity index (χ0n) is 12.7. The highest BCUT2D eigenvalue weighted by Crippen LogP contribution is 2.28. The zero-order chi connectivity index (χ0) is 18.8. The molecule has 0 saturated carbocycles. The average molecular weight is 396 g/mol. The number of amides is 1. The molecule has 2 aromatic carbocycles. The van der Waals surface area contributed by atoms with Crippen LogP contribution < -0.4 is 5.32 Å². The Bertz CT molecular complexity index is 1030. The summed E-state index contributed by atoms with van der Waals surface area (Å²) in [6.07, 6.45) is 0. The highest BCUT2D eigenvalue weighted by atomic mass is 35.5. The first-order valence-electron chi connectivity index (χ1n) is 7.01. The first-order chi connectivity index (χ1) is 12.3. The Morgan fingerprint density at radius 2 is 1.96 bits per heavy atom. The predicted molar refractivity (Wildman–Crippen MR) is 93.5 cm³/mol. The number of nitro benzene ring substituents is 1. The monoisotopic (exact) mass is 395 g/mol. The third-order valence-corrected chi connectivity index (χ3v) is 4.42. The molecule has 0 atom stereocenters. The minimum Gasteiger partial charge on any atom is -0.298 e. The number of nitro groups is 1. The molecule has 0 spiro atoms. The van der Waals surface area contributed by atoms with Gasteiger partial charge in [-0.3, -0.25) is 20.2 Å². The molecule has 3 rings (SSSR count). The molecule has 0 saturated heterocycles. The van der Waals surface area contributed by atoms with Gasteiger partial charge < -0.3 is 0 Å². The number of halogens is 3. The fourth-order valence-electron chi connectivity index (χ4n) is 2.08. The number of anilines is 1. The normalized spacial score (nSPS) is 10.6. The van der Waals surface area contributed by atoms with E-state index in [-0.39, 0.29) is 21.4 Å². The summed E-state index contributed by atoms with van der Waals surface area (Å²) in [7, 11) is 0. The number of nitrogens with one attached hydrogen (secondary N) is 1. The molecule has 0 bridgehead atoms. The number of rotatable bonds is 4. The largest absolute Gasteiger partial charge is 0.298 e. The van der Waals surface area contributed by atoms with Crippen molar-refractivity contribution in [2.45, 2.75) is 0 Å². The van der Waals surface area contributed by atoms with Crippen molar-refractivity contribution in [3.05, 3.63) is 74.1 Å². The van der Waals surface area contributed by atoms with Crippen molar-refractivity contribution in [3.63, 3.8) is 0 Å². The molecule has 0 aliphatic rings. The second kappa shape index (κ2) is 7.14. The van der Waals surface area contributed by atoms with Crippen LogP contribution in [-0.2, 0) is 0 Å². The van der Waals surface area contributed by atoms with E-state index in [9.17, 15) is 23.7 Å². The summed E-state index contributed by atoms with van der Waals surface area (Å²) in [6.45, 7) is 0. The van der Waals surface area contributed by atoms with Crippen LogP contribution in [0.4, 0.5) is 19.6 Å². The number of hydrogen-bond acceptors (Lipinski definition) is 5. The zero-order valence-corrected chi connectivity index (χ0v) is 14.3. The van der Waals surface area contributed by atoms with E-state index >= 15 is 0 Å². The Labute approximate surface area is 154 Å². The lowest BCUT2D eigenvalue weighted by Gasteiger charge is -2.03. The van der Waals surface area contributed by atoms with Gasteiger partial charge in [-0.1, -0.05) is 11.6 Å². The van der Waals surface area contributed by atoms with E-state index in [1.807, 2.05) is 0 Å². The van der Waals surface area contributed by atoms with Gasteiger partial charge in [0.05, 0.1) is 10.6 Å². The molecule has 1 heterocycles. The van der Waals surface area contributed by atoms with E-state index in [4.69, 9.17) is 11.6 Å². The lowest BCUT2D eigenvalue weighted by molar-refractivity contribution is -0.384. The molecule has 0 radical (unpaired) electrons. The second-order valence-electron chi connectivity index (χ2n) is 5.04. The van der Waals surface area contributed by atoms with E-state index in [1.165, 1.54) is 18.2 Å². The van der Waals surface area contributed by atoms with Crippen LogP contribution in [0.15, 0.2) is 41.8 Å². The van der Waals surface area contributed by atoms with Crippen LogP contribution >= 0.6 is 22.9 Å². The van der Waals surface area contributed by atoms with E-state index < -0.39 is 22.5 Å². The Hall–Kier alpha value is -2.91. The molecule has 0 fully saturated rings. The van der Waals surface area contributed by atoms with Gasteiger partial charge in [-0.2, -0.15) is 0 Å². The van der Waals surface area contributed by atoms with Crippen LogP contribution in [0.2, 0.25) is 5.02 Å². The SMILES string of the molecule is O=C(Nc1nc(-c2ccc(F)c(F)c2)cs1)c1ccc(Cl)c([N+](=O)[O-])c1. The summed E-state index contributed by atoms with van der Waals surface area (Å²) in [6, 6.07) is 6.99. The number of aromatic nitrogens is 1. The van der Waals surface area contributed by atoms with Gasteiger partial charge >= 0.3 is 0 Å². The molecular formula is C16H8ClF2N3O3S. The van der Waals surface area contributed by atoms with Crippen molar-refractivity contribution in [3.8, 4) is 11.3 Å². The van der Waals surface area contributed by atoms with Crippen LogP contribution in [-0.4, -0.2) is 15.8 Å². The summed E-state index contributed by atoms with van der Waals surface area (Å²) in [5, 5.41) is 15.1. The van der Waals surface area contributed by atoms with Crippen LogP contribution in [0.1, 0.15) is 10.4 Å². The fraction of sp³-hybridized carbons (Fsp3) is 0. The van der Waals surface area contributed by atoms with Crippen LogP contribution in [0.3, 0.4) is 0 Å². The Morgan fingerprint density at radius 3 is 2.65 bits per heavy atom. The van der Waals surface area contributed by atoms with Crippen molar-refractivity contribution < 1.29 is 18.5 Å². The van der Waals surface area contributed by atoms with Gasteiger partial charge in [0.2, 0.25) is 0 Å². The quantitative estimate of drug-likeness (QED) is 0.502. The van der Waals surface area contributed by atoms with Gasteiger partial charge in [0, 0.05) is 22.6 Å². The number of carbonyl (C=O) groups is 1. The van der Waals surface area contributed by atoms with Gasteiger partial charge in [-0.05, 0) is 30.3 Å². The van der Waals surface area contributed by atoms with Crippen molar-refractivity contribution in [1.29, 1.82) is 0 Å². The summed E-state index contributed by atoms with van der Waals surface area (Å²) < 4.78 is 26.3. The third-order valence-electron chi connectivity index (χ3n) is 3.35. The third kappa shape index (κ3) is 3.68. The van der Waals surface area contributed by atoms with Crippen molar-refractivity contribution in [1.82, 2.24) is 4.98 Å². The number of nitrogens with zero attached hydrogens (tertiary/aromatic N) is 2. The molecular weight excluding hydrogens is 388 g/mol. The van der Waals surface area contributed by atoms with Gasteiger partial charge in [-0.15, -0.1) is 11.3 Å². The summed E-state index contributed by atoms with van der Waals surface area (Å²) in [4.78, 5) is 26.6. The van der Waals surface area contributed by atoms with E-state index in [1.54, 1.807) is 5.38 Å². The molecule has 10 heteroatoms. The standard InChI is InChI=1S/C16H8ClF2N3O3S/c17-10-3-1-9(6-14(10)22(24)25)15(23)21-16-20-13(7-26-16)8-2-4-11(18)12(19)5-8/h1-7H,(H,20,21,23).